The van der Waals surface area contributed by atoms with Crippen LogP contribution >= 0.6 is 0 Å². The van der Waals surface area contributed by atoms with E-state index in [4.69, 9.17) is 0 Å². The quantitative estimate of drug-likeness (QED) is 0.0738. The molecule has 2 N–H and O–H groups in total. The third-order valence-corrected chi connectivity index (χ3v) is 11.9. The second-order valence-electron chi connectivity index (χ2n) is 12.4. The van der Waals surface area contributed by atoms with Gasteiger partial charge < -0.3 is 28.8 Å². The number of amides is 2. The number of fused-ring (bicyclic) bond motifs is 2. The molecule has 0 fully saturated rings. The van der Waals surface area contributed by atoms with Gasteiger partial charge in [-0.25, -0.2) is 38.5 Å². The SMILES string of the molecule is Cc1cc(NC(=O)Nc2ccc(/N=N/c3cc(S(=O)(=O)[O-])c4cccc(S(=O)(=O)[O-])c4c3)c(C)c2)ccc1/N=N/c1cc(S(=O)(=O)[O-])c2cccc(S(=O)(=O)[O-])c2c1.[Na+].[Na+].[Na+].[Na+]. The standard InChI is InChI=1S/C35H28N6O13S4.4Na/c1-19-13-21(9-11-29(19)40-38-23-15-27-25(33(17-23)57(49,50)51)5-3-7-31(27)55(43,44)45)36-35(42)37-22-10-12-30(20(2)14-22)41-39-24-16-28-26(34(18-24)58(52,53)54)6-4-8-32(28)56(46,47)48;;;;/h3-18H,1-2H3,(H2,36,37,42)(H,43,44,45)(H,46,47,48)(H,49,50,51)(H,52,53,54);;;;/q;4*+1/p-4/b40-38+,41-39+;;;;. The summed E-state index contributed by atoms with van der Waals surface area (Å²) in [6.45, 7) is 3.24. The number of hydrogen-bond donors (Lipinski definition) is 2. The maximum absolute atomic E-state index is 12.8. The van der Waals surface area contributed by atoms with Gasteiger partial charge in [0.2, 0.25) is 0 Å². The van der Waals surface area contributed by atoms with E-state index in [1.807, 2.05) is 0 Å². The van der Waals surface area contributed by atoms with E-state index in [2.05, 4.69) is 31.1 Å². The van der Waals surface area contributed by atoms with Crippen LogP contribution in [0.1, 0.15) is 11.1 Å². The molecule has 27 heteroatoms. The third-order valence-electron chi connectivity index (χ3n) is 8.34. The maximum atomic E-state index is 12.8. The number of anilines is 2. The molecule has 62 heavy (non-hydrogen) atoms. The minimum atomic E-state index is -5.13. The summed E-state index contributed by atoms with van der Waals surface area (Å²) in [5.74, 6) is 0. The van der Waals surface area contributed by atoms with E-state index in [-0.39, 0.29) is 163 Å². The number of urea groups is 1. The number of rotatable bonds is 10. The van der Waals surface area contributed by atoms with Crippen molar-refractivity contribution in [1.82, 2.24) is 0 Å². The zero-order valence-corrected chi connectivity index (χ0v) is 44.7. The smallest absolute Gasteiger partial charge is 0.744 e. The number of nitrogens with one attached hydrogen (secondary N) is 2. The number of hydrogen-bond acceptors (Lipinski definition) is 17. The summed E-state index contributed by atoms with van der Waals surface area (Å²) < 4.78 is 143. The molecule has 0 bridgehead atoms. The van der Waals surface area contributed by atoms with Gasteiger partial charge in [-0.1, -0.05) is 24.3 Å². The molecule has 2 amide bonds. The summed E-state index contributed by atoms with van der Waals surface area (Å²) in [6, 6.07) is 18.8. The first-order valence-corrected chi connectivity index (χ1v) is 21.7. The number of aryl methyl sites for hydroxylation is 2. The van der Waals surface area contributed by atoms with Gasteiger partial charge in [-0.2, -0.15) is 20.5 Å². The minimum absolute atomic E-state index is 0. The first-order chi connectivity index (χ1) is 27.0. The molecule has 0 radical (unpaired) electrons. The third kappa shape index (κ3) is 13.5. The maximum Gasteiger partial charge on any atom is 1.00 e. The molecular formula is C35H24N6Na4O13S4. The van der Waals surface area contributed by atoms with Crippen LogP contribution in [0.2, 0.25) is 0 Å². The van der Waals surface area contributed by atoms with Crippen molar-refractivity contribution in [3.8, 4) is 0 Å². The number of benzene rings is 6. The molecule has 0 saturated heterocycles. The van der Waals surface area contributed by atoms with Crippen molar-refractivity contribution < 1.29 is 175 Å². The summed E-state index contributed by atoms with van der Waals surface area (Å²) in [4.78, 5) is 9.76. The van der Waals surface area contributed by atoms with Gasteiger partial charge in [-0.05, 0) is 97.8 Å². The van der Waals surface area contributed by atoms with Crippen LogP contribution in [0.15, 0.2) is 137 Å². The zero-order valence-electron chi connectivity index (χ0n) is 33.5. The van der Waals surface area contributed by atoms with Gasteiger partial charge in [0.25, 0.3) is 0 Å². The molecule has 0 unspecified atom stereocenters. The second-order valence-corrected chi connectivity index (χ2v) is 17.8. The fourth-order valence-corrected chi connectivity index (χ4v) is 8.58. The predicted molar refractivity (Wildman–Crippen MR) is 203 cm³/mol. The van der Waals surface area contributed by atoms with Crippen molar-refractivity contribution in [3.05, 3.63) is 108 Å². The van der Waals surface area contributed by atoms with E-state index < -0.39 is 66.1 Å². The largest absolute Gasteiger partial charge is 1.00 e. The fraction of sp³-hybridized carbons (Fsp3) is 0.0571. The van der Waals surface area contributed by atoms with E-state index in [9.17, 15) is 56.7 Å². The van der Waals surface area contributed by atoms with Crippen molar-refractivity contribution in [1.29, 1.82) is 0 Å². The Hall–Kier alpha value is -2.05. The van der Waals surface area contributed by atoms with Crippen molar-refractivity contribution in [3.63, 3.8) is 0 Å². The van der Waals surface area contributed by atoms with E-state index >= 15 is 0 Å². The molecule has 19 nitrogen and oxygen atoms in total. The first-order valence-electron chi connectivity index (χ1n) is 16.1. The normalized spacial score (nSPS) is 12.0. The van der Waals surface area contributed by atoms with Gasteiger partial charge in [0, 0.05) is 32.9 Å². The van der Waals surface area contributed by atoms with E-state index in [1.54, 1.807) is 13.8 Å². The van der Waals surface area contributed by atoms with Gasteiger partial charge in [-0.15, -0.1) is 0 Å². The van der Waals surface area contributed by atoms with Gasteiger partial charge in [0.15, 0.2) is 0 Å². The van der Waals surface area contributed by atoms with Gasteiger partial charge >= 0.3 is 124 Å². The number of carbonyl (C=O) groups excluding carboxylic acids is 1. The Bertz CT molecular complexity index is 3030. The average Bonchev–Trinajstić information content (AvgIpc) is 3.11. The summed E-state index contributed by atoms with van der Waals surface area (Å²) >= 11 is 0. The van der Waals surface area contributed by atoms with Crippen LogP contribution in [0.25, 0.3) is 21.5 Å². The van der Waals surface area contributed by atoms with Gasteiger partial charge in [0.05, 0.1) is 42.3 Å². The molecule has 0 aliphatic heterocycles. The van der Waals surface area contributed by atoms with Crippen LogP contribution in [-0.4, -0.2) is 57.9 Å². The fourth-order valence-electron chi connectivity index (χ4n) is 5.79. The molecule has 0 atom stereocenters. The van der Waals surface area contributed by atoms with Crippen LogP contribution in [0.5, 0.6) is 0 Å². The molecule has 0 heterocycles. The van der Waals surface area contributed by atoms with Crippen molar-refractivity contribution in [2.45, 2.75) is 33.4 Å². The number of carbonyl (C=O) groups is 1. The van der Waals surface area contributed by atoms with Gasteiger partial charge in [0.1, 0.15) is 40.5 Å². The first kappa shape index (κ1) is 56.1. The van der Waals surface area contributed by atoms with Crippen LogP contribution in [0.4, 0.5) is 38.9 Å². The number of nitrogens with zero attached hydrogens (tertiary/aromatic N) is 4. The Labute approximate surface area is 443 Å². The molecule has 0 spiro atoms. The molecule has 6 rings (SSSR count). The summed E-state index contributed by atoms with van der Waals surface area (Å²) in [5.41, 5.74) is 1.61. The summed E-state index contributed by atoms with van der Waals surface area (Å²) in [5, 5.41) is 20.1. The molecular weight excluding hydrogens is 933 g/mol. The Morgan fingerprint density at radius 3 is 1.08 bits per heavy atom. The monoisotopic (exact) mass is 956 g/mol. The Morgan fingerprint density at radius 2 is 0.774 bits per heavy atom. The molecule has 0 aliphatic rings. The Morgan fingerprint density at radius 1 is 0.435 bits per heavy atom. The minimum Gasteiger partial charge on any atom is -0.744 e. The number of azo groups is 2. The topological polar surface area (TPSA) is 319 Å². The summed E-state index contributed by atoms with van der Waals surface area (Å²) in [6.07, 6.45) is 0. The molecule has 6 aromatic carbocycles. The average molecular weight is 957 g/mol. The van der Waals surface area contributed by atoms with Crippen LogP contribution in [-0.2, 0) is 40.5 Å². The molecule has 6 aromatic rings. The molecule has 0 aromatic heterocycles. The van der Waals surface area contributed by atoms with E-state index in [0.717, 1.165) is 48.5 Å². The zero-order chi connectivity index (χ0) is 42.4. The van der Waals surface area contributed by atoms with Crippen molar-refractivity contribution in [2.75, 3.05) is 10.6 Å². The Balaban J connectivity index is 0.00000331. The van der Waals surface area contributed by atoms with Gasteiger partial charge in [-0.3, -0.25) is 0 Å². The van der Waals surface area contributed by atoms with Crippen molar-refractivity contribution >= 4 is 102 Å². The van der Waals surface area contributed by atoms with Crippen LogP contribution in [0, 0.1) is 13.8 Å². The van der Waals surface area contributed by atoms with E-state index in [1.165, 1.54) is 48.5 Å². The second kappa shape index (κ2) is 22.0. The molecule has 300 valence electrons. The summed E-state index contributed by atoms with van der Waals surface area (Å²) in [7, 11) is -20.4. The van der Waals surface area contributed by atoms with E-state index in [0.29, 0.717) is 22.5 Å². The van der Waals surface area contributed by atoms with Crippen molar-refractivity contribution in [2.24, 2.45) is 20.5 Å². The van der Waals surface area contributed by atoms with Crippen LogP contribution in [0.3, 0.4) is 0 Å². The molecule has 0 saturated carbocycles. The van der Waals surface area contributed by atoms with Crippen LogP contribution < -0.4 is 129 Å². The Kier molecular flexibility index (Phi) is 19.9. The predicted octanol–water partition coefficient (Wildman–Crippen LogP) is -5.28. The molecule has 0 aliphatic carbocycles.